The van der Waals surface area contributed by atoms with E-state index in [-0.39, 0.29) is 22.6 Å². The molecule has 0 unspecified atom stereocenters. The number of nitrogens with zero attached hydrogens (tertiary/aromatic N) is 4. The van der Waals surface area contributed by atoms with E-state index in [1.165, 1.54) is 19.1 Å². The molecule has 2 N–H and O–H groups in total. The Labute approximate surface area is 184 Å². The molecule has 0 spiro atoms. The number of para-hydroxylation sites is 1. The van der Waals surface area contributed by atoms with Crippen molar-refractivity contribution in [1.29, 1.82) is 0 Å². The number of benzene rings is 3. The summed E-state index contributed by atoms with van der Waals surface area (Å²) >= 11 is 0. The van der Waals surface area contributed by atoms with E-state index in [2.05, 4.69) is 5.32 Å². The summed E-state index contributed by atoms with van der Waals surface area (Å²) in [5.74, 6) is -0.541. The Morgan fingerprint density at radius 3 is 1.76 bits per heavy atom. The maximum atomic E-state index is 10.9. The average Bonchev–Trinajstić information content (AvgIpc) is 2.76. The lowest BCUT2D eigenvalue weighted by Crippen LogP contribution is -1.98. The highest BCUT2D eigenvalue weighted by molar-refractivity contribution is 5.71. The fourth-order valence-electron chi connectivity index (χ4n) is 2.55. The summed E-state index contributed by atoms with van der Waals surface area (Å²) in [7, 11) is 0. The second kappa shape index (κ2) is 10.3. The standard InChI is InChI=1S/C12H9N3O4.C7H6N2O5/c16-14(17)10-6-7-11(12(8-10)15(18)19)13-9-4-2-1-3-5-9;1-4-2-5(8(11)12)3-6(7(4)10)9(13)14/h1-8,13H;2-3,10H,1H3. The Bertz CT molecular complexity index is 1230. The van der Waals surface area contributed by atoms with E-state index in [4.69, 9.17) is 0 Å². The minimum absolute atomic E-state index is 0.103. The minimum Gasteiger partial charge on any atom is -0.502 e. The van der Waals surface area contributed by atoms with Crippen LogP contribution in [0.3, 0.4) is 0 Å². The average molecular weight is 457 g/mol. The Morgan fingerprint density at radius 1 is 0.697 bits per heavy atom. The molecule has 3 rings (SSSR count). The van der Waals surface area contributed by atoms with E-state index < -0.39 is 36.8 Å². The third kappa shape index (κ3) is 6.17. The molecule has 0 aliphatic heterocycles. The van der Waals surface area contributed by atoms with Gasteiger partial charge in [-0.15, -0.1) is 0 Å². The van der Waals surface area contributed by atoms with Crippen LogP contribution in [0.1, 0.15) is 5.56 Å². The van der Waals surface area contributed by atoms with Crippen LogP contribution in [0.4, 0.5) is 34.1 Å². The first-order valence-corrected chi connectivity index (χ1v) is 8.88. The van der Waals surface area contributed by atoms with Crippen molar-refractivity contribution in [3.63, 3.8) is 0 Å². The fourth-order valence-corrected chi connectivity index (χ4v) is 2.55. The fraction of sp³-hybridized carbons (Fsp3) is 0.0526. The van der Waals surface area contributed by atoms with Gasteiger partial charge in [-0.25, -0.2) is 0 Å². The maximum Gasteiger partial charge on any atom is 0.317 e. The summed E-state index contributed by atoms with van der Waals surface area (Å²) in [6, 6.07) is 14.1. The Balaban J connectivity index is 0.000000245. The molecule has 3 aromatic carbocycles. The summed E-state index contributed by atoms with van der Waals surface area (Å²) in [5.41, 5.74) is -0.737. The summed E-state index contributed by atoms with van der Waals surface area (Å²) < 4.78 is 0. The smallest absolute Gasteiger partial charge is 0.317 e. The third-order valence-corrected chi connectivity index (χ3v) is 4.11. The molecule has 170 valence electrons. The number of nitro groups is 4. The number of non-ortho nitro benzene ring substituents is 2. The quantitative estimate of drug-likeness (QED) is 0.383. The van der Waals surface area contributed by atoms with E-state index in [0.29, 0.717) is 5.69 Å². The van der Waals surface area contributed by atoms with E-state index in [1.54, 1.807) is 24.3 Å². The van der Waals surface area contributed by atoms with Gasteiger partial charge in [0, 0.05) is 23.4 Å². The largest absolute Gasteiger partial charge is 0.502 e. The highest BCUT2D eigenvalue weighted by Gasteiger charge is 2.21. The number of nitro benzene ring substituents is 4. The number of anilines is 2. The molecule has 0 atom stereocenters. The van der Waals surface area contributed by atoms with Crippen molar-refractivity contribution >= 4 is 34.1 Å². The van der Waals surface area contributed by atoms with Crippen LogP contribution in [0.15, 0.2) is 60.7 Å². The van der Waals surface area contributed by atoms with Crippen LogP contribution in [0.5, 0.6) is 5.75 Å². The summed E-state index contributed by atoms with van der Waals surface area (Å²) in [6.45, 7) is 1.36. The molecule has 0 fully saturated rings. The zero-order valence-electron chi connectivity index (χ0n) is 16.8. The number of hydrogen-bond donors (Lipinski definition) is 2. The van der Waals surface area contributed by atoms with Crippen molar-refractivity contribution in [3.05, 3.63) is 107 Å². The lowest BCUT2D eigenvalue weighted by Gasteiger charge is -2.06. The van der Waals surface area contributed by atoms with Crippen LogP contribution in [-0.4, -0.2) is 24.8 Å². The van der Waals surface area contributed by atoms with E-state index in [1.807, 2.05) is 6.07 Å². The molecule has 0 aliphatic carbocycles. The molecule has 0 amide bonds. The van der Waals surface area contributed by atoms with Gasteiger partial charge < -0.3 is 10.4 Å². The Hall–Kier alpha value is -5.14. The van der Waals surface area contributed by atoms with Gasteiger partial charge in [-0.3, -0.25) is 40.5 Å². The van der Waals surface area contributed by atoms with Crippen LogP contribution >= 0.6 is 0 Å². The number of rotatable bonds is 6. The third-order valence-electron chi connectivity index (χ3n) is 4.11. The monoisotopic (exact) mass is 457 g/mol. The molecule has 14 heteroatoms. The number of aromatic hydroxyl groups is 1. The van der Waals surface area contributed by atoms with Gasteiger partial charge >= 0.3 is 5.69 Å². The van der Waals surface area contributed by atoms with Crippen molar-refractivity contribution in [3.8, 4) is 5.75 Å². The zero-order chi connectivity index (χ0) is 24.7. The minimum atomic E-state index is -0.866. The molecular weight excluding hydrogens is 442 g/mol. The molecule has 0 radical (unpaired) electrons. The van der Waals surface area contributed by atoms with Crippen LogP contribution in [0.25, 0.3) is 0 Å². The molecule has 0 heterocycles. The molecule has 33 heavy (non-hydrogen) atoms. The molecule has 0 saturated carbocycles. The molecular formula is C19H15N5O9. The number of phenols is 1. The van der Waals surface area contributed by atoms with Gasteiger partial charge in [0.05, 0.1) is 31.8 Å². The Kier molecular flexibility index (Phi) is 7.50. The molecule has 3 aromatic rings. The van der Waals surface area contributed by atoms with E-state index >= 15 is 0 Å². The van der Waals surface area contributed by atoms with Gasteiger partial charge in [-0.05, 0) is 25.1 Å². The second-order valence-corrected chi connectivity index (χ2v) is 6.35. The predicted octanol–water partition coefficient (Wildman–Crippen LogP) is 4.76. The van der Waals surface area contributed by atoms with Crippen molar-refractivity contribution in [2.24, 2.45) is 0 Å². The molecule has 0 saturated heterocycles. The molecule has 0 aliphatic rings. The number of hydrogen-bond acceptors (Lipinski definition) is 10. The van der Waals surface area contributed by atoms with E-state index in [9.17, 15) is 45.6 Å². The topological polar surface area (TPSA) is 205 Å². The summed E-state index contributed by atoms with van der Waals surface area (Å²) in [4.78, 5) is 39.3. The van der Waals surface area contributed by atoms with Crippen LogP contribution in [0.2, 0.25) is 0 Å². The van der Waals surface area contributed by atoms with Crippen LogP contribution in [-0.2, 0) is 0 Å². The summed E-state index contributed by atoms with van der Waals surface area (Å²) in [6.07, 6.45) is 0. The van der Waals surface area contributed by atoms with Gasteiger partial charge in [-0.2, -0.15) is 0 Å². The lowest BCUT2D eigenvalue weighted by atomic mass is 10.1. The number of aryl methyl sites for hydroxylation is 1. The van der Waals surface area contributed by atoms with Gasteiger partial charge in [-0.1, -0.05) is 18.2 Å². The number of phenolic OH excluding ortho intramolecular Hbond substituents is 1. The molecule has 0 bridgehead atoms. The lowest BCUT2D eigenvalue weighted by molar-refractivity contribution is -0.394. The maximum absolute atomic E-state index is 10.9. The van der Waals surface area contributed by atoms with Gasteiger partial charge in [0.1, 0.15) is 5.69 Å². The number of nitrogens with one attached hydrogen (secondary N) is 1. The van der Waals surface area contributed by atoms with Crippen molar-refractivity contribution in [2.45, 2.75) is 6.92 Å². The van der Waals surface area contributed by atoms with Crippen LogP contribution in [0, 0.1) is 47.4 Å². The highest BCUT2D eigenvalue weighted by atomic mass is 16.6. The van der Waals surface area contributed by atoms with Crippen LogP contribution < -0.4 is 5.32 Å². The van der Waals surface area contributed by atoms with Gasteiger partial charge in [0.15, 0.2) is 5.75 Å². The normalized spacial score (nSPS) is 9.85. The van der Waals surface area contributed by atoms with Crippen molar-refractivity contribution < 1.29 is 24.8 Å². The van der Waals surface area contributed by atoms with Gasteiger partial charge in [0.2, 0.25) is 0 Å². The molecule has 14 nitrogen and oxygen atoms in total. The molecule has 0 aromatic heterocycles. The first-order valence-electron chi connectivity index (χ1n) is 8.88. The zero-order valence-corrected chi connectivity index (χ0v) is 16.8. The second-order valence-electron chi connectivity index (χ2n) is 6.35. The van der Waals surface area contributed by atoms with Crippen molar-refractivity contribution in [1.82, 2.24) is 0 Å². The highest BCUT2D eigenvalue weighted by Crippen LogP contribution is 2.33. The predicted molar refractivity (Wildman–Crippen MR) is 116 cm³/mol. The Morgan fingerprint density at radius 2 is 1.24 bits per heavy atom. The first kappa shape index (κ1) is 24.1. The van der Waals surface area contributed by atoms with E-state index in [0.717, 1.165) is 18.2 Å². The van der Waals surface area contributed by atoms with Crippen molar-refractivity contribution in [2.75, 3.05) is 5.32 Å². The van der Waals surface area contributed by atoms with Gasteiger partial charge in [0.25, 0.3) is 17.1 Å². The summed E-state index contributed by atoms with van der Waals surface area (Å²) in [5, 5.41) is 54.3. The SMILES string of the molecule is Cc1cc([N+](=O)[O-])cc([N+](=O)[O-])c1O.O=[N+]([O-])c1ccc(Nc2ccccc2)c([N+](=O)[O-])c1. The first-order chi connectivity index (χ1) is 15.5.